The molecule has 0 unspecified atom stereocenters. The quantitative estimate of drug-likeness (QED) is 0.247. The topological polar surface area (TPSA) is 52.6 Å². The van der Waals surface area contributed by atoms with Gasteiger partial charge in [0.15, 0.2) is 0 Å². The molecule has 0 heterocycles. The highest BCUT2D eigenvalue weighted by Gasteiger charge is 2.76. The van der Waals surface area contributed by atoms with Gasteiger partial charge in [-0.05, 0) is 0 Å². The molecule has 0 saturated heterocycles. The predicted molar refractivity (Wildman–Crippen MR) is 63.1 cm³/mol. The van der Waals surface area contributed by atoms with Gasteiger partial charge in [0.1, 0.15) is 0 Å². The number of hydrogen-bond donors (Lipinski definition) is 0. The molecule has 0 aliphatic carbocycles. The van der Waals surface area contributed by atoms with E-state index in [-0.39, 0.29) is 0 Å². The standard InChI is InChI=1S/C8Cl4F10O4/c9-3(10,5(13,14)7(17,18)19)1(23)25-26-2(24)4(11,12)6(15,16)8(20,21)22. The van der Waals surface area contributed by atoms with Crippen molar-refractivity contribution in [2.75, 3.05) is 0 Å². The SMILES string of the molecule is O=C(OOC(=O)C(Cl)(Cl)C(F)(F)C(F)(F)F)C(Cl)(Cl)C(F)(F)C(F)(F)F. The Morgan fingerprint density at radius 1 is 0.538 bits per heavy atom. The van der Waals surface area contributed by atoms with Crippen molar-refractivity contribution in [2.45, 2.75) is 32.9 Å². The summed E-state index contributed by atoms with van der Waals surface area (Å²) in [6.45, 7) is 0. The van der Waals surface area contributed by atoms with Crippen molar-refractivity contribution in [3.8, 4) is 0 Å². The number of hydrogen-bond acceptors (Lipinski definition) is 4. The Bertz CT molecular complexity index is 520. The first-order valence-electron chi connectivity index (χ1n) is 5.13. The van der Waals surface area contributed by atoms with Crippen molar-refractivity contribution >= 4 is 58.3 Å². The third-order valence-corrected chi connectivity index (χ3v) is 3.77. The smallest absolute Gasteiger partial charge is 0.244 e. The van der Waals surface area contributed by atoms with Gasteiger partial charge >= 0.3 is 36.1 Å². The normalized spacial score (nSPS) is 14.8. The summed E-state index contributed by atoms with van der Waals surface area (Å²) < 4.78 is 114. The minimum Gasteiger partial charge on any atom is -0.244 e. The second-order valence-corrected chi connectivity index (χ2v) is 6.69. The second-order valence-electron chi connectivity index (χ2n) is 4.03. The Kier molecular flexibility index (Phi) is 6.93. The molecule has 0 aromatic carbocycles. The number of halogens is 14. The van der Waals surface area contributed by atoms with E-state index < -0.39 is 44.8 Å². The van der Waals surface area contributed by atoms with Crippen LogP contribution in [0.15, 0.2) is 0 Å². The lowest BCUT2D eigenvalue weighted by Crippen LogP contribution is -2.57. The van der Waals surface area contributed by atoms with Gasteiger partial charge in [-0.3, -0.25) is 0 Å². The van der Waals surface area contributed by atoms with Gasteiger partial charge in [0.05, 0.1) is 0 Å². The Labute approximate surface area is 155 Å². The molecule has 0 bridgehead atoms. The van der Waals surface area contributed by atoms with E-state index in [4.69, 9.17) is 0 Å². The molecule has 154 valence electrons. The molecule has 0 spiro atoms. The van der Waals surface area contributed by atoms with E-state index in [9.17, 15) is 53.5 Å². The fraction of sp³-hybridized carbons (Fsp3) is 0.750. The maximum Gasteiger partial charge on any atom is 0.457 e. The molecule has 0 radical (unpaired) electrons. The molecular formula is C8Cl4F10O4. The molecule has 0 aromatic rings. The molecule has 4 nitrogen and oxygen atoms in total. The van der Waals surface area contributed by atoms with Gasteiger partial charge in [0, 0.05) is 0 Å². The van der Waals surface area contributed by atoms with E-state index in [0.717, 1.165) is 0 Å². The summed E-state index contributed by atoms with van der Waals surface area (Å²) in [6, 6.07) is 0. The summed E-state index contributed by atoms with van der Waals surface area (Å²) >= 11 is 17.8. The van der Waals surface area contributed by atoms with Gasteiger partial charge in [-0.15, -0.1) is 0 Å². The van der Waals surface area contributed by atoms with Crippen LogP contribution < -0.4 is 0 Å². The first-order valence-corrected chi connectivity index (χ1v) is 6.64. The van der Waals surface area contributed by atoms with Crippen molar-refractivity contribution in [3.05, 3.63) is 0 Å². The highest BCUT2D eigenvalue weighted by atomic mass is 35.5. The van der Waals surface area contributed by atoms with Gasteiger partial charge in [0.25, 0.3) is 8.67 Å². The molecule has 0 aliphatic rings. The monoisotopic (exact) mass is 490 g/mol. The third-order valence-electron chi connectivity index (χ3n) is 2.21. The lowest BCUT2D eigenvalue weighted by Gasteiger charge is -2.29. The van der Waals surface area contributed by atoms with Crippen LogP contribution in [-0.2, 0) is 19.4 Å². The summed E-state index contributed by atoms with van der Waals surface area (Å²) in [5, 5.41) is 0. The molecule has 0 atom stereocenters. The van der Waals surface area contributed by atoms with Crippen LogP contribution in [0.5, 0.6) is 0 Å². The van der Waals surface area contributed by atoms with Gasteiger partial charge in [0.2, 0.25) is 0 Å². The number of carbonyl (C=O) groups excluding carboxylic acids is 2. The molecule has 0 N–H and O–H groups in total. The zero-order chi connectivity index (χ0) is 21.6. The van der Waals surface area contributed by atoms with Crippen LogP contribution in [0.4, 0.5) is 43.9 Å². The van der Waals surface area contributed by atoms with Crippen LogP contribution in [0.1, 0.15) is 0 Å². The zero-order valence-corrected chi connectivity index (χ0v) is 13.9. The largest absolute Gasteiger partial charge is 0.457 e. The minimum absolute atomic E-state index is 2.94. The average molecular weight is 492 g/mol. The maximum atomic E-state index is 12.9. The molecule has 0 aromatic heterocycles. The fourth-order valence-electron chi connectivity index (χ4n) is 0.793. The summed E-state index contributed by atoms with van der Waals surface area (Å²) in [4.78, 5) is 27.9. The average Bonchev–Trinajstić information content (AvgIpc) is 2.40. The molecule has 0 saturated carbocycles. The molecule has 26 heavy (non-hydrogen) atoms. The van der Waals surface area contributed by atoms with Crippen LogP contribution in [0.3, 0.4) is 0 Å². The predicted octanol–water partition coefficient (Wildman–Crippen LogP) is 4.73. The van der Waals surface area contributed by atoms with Gasteiger partial charge in [-0.1, -0.05) is 46.4 Å². The van der Waals surface area contributed by atoms with Crippen LogP contribution >= 0.6 is 46.4 Å². The van der Waals surface area contributed by atoms with E-state index in [1.165, 1.54) is 0 Å². The Morgan fingerprint density at radius 2 is 0.731 bits per heavy atom. The van der Waals surface area contributed by atoms with Gasteiger partial charge in [-0.2, -0.15) is 43.9 Å². The molecule has 18 heteroatoms. The lowest BCUT2D eigenvalue weighted by atomic mass is 10.2. The molecular weight excluding hydrogens is 492 g/mol. The highest BCUT2D eigenvalue weighted by Crippen LogP contribution is 2.51. The van der Waals surface area contributed by atoms with Crippen molar-refractivity contribution in [3.63, 3.8) is 0 Å². The van der Waals surface area contributed by atoms with E-state index in [0.29, 0.717) is 0 Å². The lowest BCUT2D eigenvalue weighted by molar-refractivity contribution is -0.307. The van der Waals surface area contributed by atoms with E-state index in [2.05, 4.69) is 56.2 Å². The van der Waals surface area contributed by atoms with Crippen molar-refractivity contribution in [1.82, 2.24) is 0 Å². The zero-order valence-electron chi connectivity index (χ0n) is 10.9. The number of rotatable bonds is 4. The first kappa shape index (κ1) is 25.4. The van der Waals surface area contributed by atoms with E-state index in [1.807, 2.05) is 0 Å². The Morgan fingerprint density at radius 3 is 0.885 bits per heavy atom. The molecule has 0 amide bonds. The summed E-state index contributed by atoms with van der Waals surface area (Å²) in [7, 11) is 0. The Hall–Kier alpha value is -0.600. The van der Waals surface area contributed by atoms with Crippen molar-refractivity contribution < 1.29 is 63.3 Å². The minimum atomic E-state index is -6.55. The van der Waals surface area contributed by atoms with Gasteiger partial charge < -0.3 is 0 Å². The van der Waals surface area contributed by atoms with Gasteiger partial charge in [-0.25, -0.2) is 19.4 Å². The van der Waals surface area contributed by atoms with E-state index >= 15 is 0 Å². The fourth-order valence-corrected chi connectivity index (χ4v) is 1.35. The van der Waals surface area contributed by atoms with Crippen LogP contribution in [-0.4, -0.2) is 44.8 Å². The van der Waals surface area contributed by atoms with Crippen LogP contribution in [0.2, 0.25) is 0 Å². The number of alkyl halides is 14. The maximum absolute atomic E-state index is 12.9. The van der Waals surface area contributed by atoms with Crippen molar-refractivity contribution in [2.24, 2.45) is 0 Å². The highest BCUT2D eigenvalue weighted by molar-refractivity contribution is 6.59. The summed E-state index contributed by atoms with van der Waals surface area (Å²) in [6.07, 6.45) is -13.1. The molecule has 0 fully saturated rings. The van der Waals surface area contributed by atoms with Crippen molar-refractivity contribution in [1.29, 1.82) is 0 Å². The molecule has 0 aliphatic heterocycles. The van der Waals surface area contributed by atoms with Crippen LogP contribution in [0, 0.1) is 0 Å². The van der Waals surface area contributed by atoms with E-state index in [1.54, 1.807) is 0 Å². The Balaban J connectivity index is 5.38. The summed E-state index contributed by atoms with van der Waals surface area (Å²) in [5.74, 6) is -18.7. The number of carbonyl (C=O) groups is 2. The second kappa shape index (κ2) is 7.09. The van der Waals surface area contributed by atoms with Crippen LogP contribution in [0.25, 0.3) is 0 Å². The first-order chi connectivity index (χ1) is 11.0. The third kappa shape index (κ3) is 4.28. The summed E-state index contributed by atoms with van der Waals surface area (Å²) in [5.41, 5.74) is 0. The molecule has 0 rings (SSSR count).